The molecule has 2 heterocycles. The molecule has 9 nitrogen and oxygen atoms in total. The third-order valence-corrected chi connectivity index (χ3v) is 7.90. The number of piperazine rings is 1. The number of methoxy groups -OCH3 is 1. The van der Waals surface area contributed by atoms with E-state index in [1.165, 1.54) is 18.4 Å². The van der Waals surface area contributed by atoms with E-state index < -0.39 is 11.6 Å². The highest BCUT2D eigenvalue weighted by molar-refractivity contribution is 7.16. The van der Waals surface area contributed by atoms with Crippen LogP contribution in [0.25, 0.3) is 0 Å². The topological polar surface area (TPSA) is 94.2 Å². The number of amides is 4. The summed E-state index contributed by atoms with van der Waals surface area (Å²) in [6.45, 7) is 12.0. The number of nitrogens with one attached hydrogen (secondary N) is 2. The molecule has 1 fully saturated rings. The van der Waals surface area contributed by atoms with Gasteiger partial charge in [-0.25, -0.2) is 4.79 Å². The fourth-order valence-corrected chi connectivity index (χ4v) is 5.26. The van der Waals surface area contributed by atoms with Crippen molar-refractivity contribution in [3.05, 3.63) is 40.8 Å². The molecule has 10 heteroatoms. The summed E-state index contributed by atoms with van der Waals surface area (Å²) in [5.41, 5.74) is -0.339. The van der Waals surface area contributed by atoms with E-state index in [1.54, 1.807) is 36.9 Å². The smallest absolute Gasteiger partial charge is 0.324 e. The predicted octanol–water partition coefficient (Wildman–Crippen LogP) is 4.32. The van der Waals surface area contributed by atoms with Crippen LogP contribution in [0.5, 0.6) is 5.75 Å². The first-order chi connectivity index (χ1) is 17.3. The SMILES string of the molecule is COc1ccccc1NC(=O)Nc1sc(C(C)(C)C)cc1C(=O)N1CCN(CCN(C)C)C(=O)C1(C)C. The summed E-state index contributed by atoms with van der Waals surface area (Å²) in [6, 6.07) is 8.47. The van der Waals surface area contributed by atoms with Gasteiger partial charge in [-0.1, -0.05) is 32.9 Å². The highest BCUT2D eigenvalue weighted by Crippen LogP contribution is 2.38. The van der Waals surface area contributed by atoms with E-state index >= 15 is 0 Å². The van der Waals surface area contributed by atoms with Gasteiger partial charge in [0.05, 0.1) is 18.4 Å². The monoisotopic (exact) mass is 529 g/mol. The van der Waals surface area contributed by atoms with Gasteiger partial charge in [-0.3, -0.25) is 14.9 Å². The molecule has 1 aromatic carbocycles. The molecule has 1 aromatic heterocycles. The Bertz CT molecular complexity index is 1150. The second-order valence-electron chi connectivity index (χ2n) is 11.0. The van der Waals surface area contributed by atoms with E-state index in [-0.39, 0.29) is 17.2 Å². The first kappa shape index (κ1) is 28.5. The third-order valence-electron chi connectivity index (χ3n) is 6.43. The molecule has 1 aliphatic rings. The zero-order chi connectivity index (χ0) is 27.5. The van der Waals surface area contributed by atoms with E-state index in [2.05, 4.69) is 31.4 Å². The van der Waals surface area contributed by atoms with Crippen LogP contribution in [0.1, 0.15) is 49.9 Å². The van der Waals surface area contributed by atoms with E-state index in [4.69, 9.17) is 4.74 Å². The van der Waals surface area contributed by atoms with E-state index in [1.807, 2.05) is 36.0 Å². The number of hydrogen-bond acceptors (Lipinski definition) is 6. The van der Waals surface area contributed by atoms with Crippen molar-refractivity contribution in [3.63, 3.8) is 0 Å². The van der Waals surface area contributed by atoms with Crippen LogP contribution >= 0.6 is 11.3 Å². The van der Waals surface area contributed by atoms with Gasteiger partial charge in [-0.15, -0.1) is 11.3 Å². The average molecular weight is 530 g/mol. The van der Waals surface area contributed by atoms with Gasteiger partial charge in [-0.05, 0) is 51.6 Å². The maximum atomic E-state index is 13.9. The number of hydrogen-bond donors (Lipinski definition) is 2. The first-order valence-corrected chi connectivity index (χ1v) is 13.2. The number of thiophene rings is 1. The summed E-state index contributed by atoms with van der Waals surface area (Å²) in [6.07, 6.45) is 0. The lowest BCUT2D eigenvalue weighted by molar-refractivity contribution is -0.146. The number of nitrogens with zero attached hydrogens (tertiary/aromatic N) is 3. The molecular weight excluding hydrogens is 490 g/mol. The van der Waals surface area contributed by atoms with E-state index in [0.717, 1.165) is 11.4 Å². The van der Waals surface area contributed by atoms with Gasteiger partial charge in [0.1, 0.15) is 16.3 Å². The molecule has 1 aliphatic heterocycles. The summed E-state index contributed by atoms with van der Waals surface area (Å²) in [4.78, 5) is 46.6. The van der Waals surface area contributed by atoms with Gasteiger partial charge in [0, 0.05) is 31.1 Å². The zero-order valence-corrected chi connectivity index (χ0v) is 23.9. The fourth-order valence-electron chi connectivity index (χ4n) is 4.16. The number of likely N-dealkylation sites (N-methyl/N-ethyl adjacent to an activating group) is 1. The van der Waals surface area contributed by atoms with Crippen LogP contribution in [0.15, 0.2) is 30.3 Å². The molecule has 0 spiro atoms. The van der Waals surface area contributed by atoms with Gasteiger partial charge >= 0.3 is 6.03 Å². The molecule has 1 saturated heterocycles. The first-order valence-electron chi connectivity index (χ1n) is 12.4. The molecule has 37 heavy (non-hydrogen) atoms. The summed E-state index contributed by atoms with van der Waals surface area (Å²) in [7, 11) is 5.47. The third kappa shape index (κ3) is 6.42. The predicted molar refractivity (Wildman–Crippen MR) is 149 cm³/mol. The normalized spacial score (nSPS) is 15.6. The molecule has 4 amide bonds. The molecule has 0 bridgehead atoms. The molecule has 0 atom stereocenters. The Morgan fingerprint density at radius 2 is 1.81 bits per heavy atom. The highest BCUT2D eigenvalue weighted by Gasteiger charge is 2.45. The molecule has 0 radical (unpaired) electrons. The summed E-state index contributed by atoms with van der Waals surface area (Å²) < 4.78 is 5.32. The van der Waals surface area contributed by atoms with Crippen molar-refractivity contribution in [2.45, 2.75) is 45.6 Å². The number of carbonyl (C=O) groups excluding carboxylic acids is 3. The second kappa shape index (κ2) is 11.1. The number of para-hydroxylation sites is 2. The van der Waals surface area contributed by atoms with Crippen molar-refractivity contribution in [2.75, 3.05) is 58.0 Å². The number of benzene rings is 1. The van der Waals surface area contributed by atoms with Gasteiger partial charge in [-0.2, -0.15) is 0 Å². The van der Waals surface area contributed by atoms with Crippen molar-refractivity contribution >= 4 is 39.9 Å². The molecule has 2 N–H and O–H groups in total. The Morgan fingerprint density at radius 1 is 1.14 bits per heavy atom. The van der Waals surface area contributed by atoms with Crippen LogP contribution in [-0.4, -0.2) is 85.5 Å². The Labute approximate surface area is 223 Å². The molecule has 3 rings (SSSR count). The van der Waals surface area contributed by atoms with Crippen molar-refractivity contribution in [3.8, 4) is 5.75 Å². The Hall–Kier alpha value is -3.11. The number of ether oxygens (including phenoxy) is 1. The summed E-state index contributed by atoms with van der Waals surface area (Å²) >= 11 is 1.37. The largest absolute Gasteiger partial charge is 0.495 e. The van der Waals surface area contributed by atoms with Crippen LogP contribution in [0.2, 0.25) is 0 Å². The van der Waals surface area contributed by atoms with Crippen molar-refractivity contribution < 1.29 is 19.1 Å². The van der Waals surface area contributed by atoms with Gasteiger partial charge in [0.15, 0.2) is 0 Å². The van der Waals surface area contributed by atoms with Crippen molar-refractivity contribution in [2.24, 2.45) is 0 Å². The Kier molecular flexibility index (Phi) is 8.54. The molecule has 0 unspecified atom stereocenters. The van der Waals surface area contributed by atoms with Crippen LogP contribution in [0, 0.1) is 0 Å². The fraction of sp³-hybridized carbons (Fsp3) is 0.519. The summed E-state index contributed by atoms with van der Waals surface area (Å²) in [5.74, 6) is 0.177. The van der Waals surface area contributed by atoms with Gasteiger partial charge in [0.2, 0.25) is 5.91 Å². The minimum Gasteiger partial charge on any atom is -0.495 e. The van der Waals surface area contributed by atoms with E-state index in [9.17, 15) is 14.4 Å². The van der Waals surface area contributed by atoms with Crippen molar-refractivity contribution in [1.29, 1.82) is 0 Å². The molecular formula is C27H39N5O4S. The molecule has 0 saturated carbocycles. The lowest BCUT2D eigenvalue weighted by Gasteiger charge is -2.46. The summed E-state index contributed by atoms with van der Waals surface area (Å²) in [5, 5.41) is 6.11. The van der Waals surface area contributed by atoms with E-state index in [0.29, 0.717) is 41.6 Å². The van der Waals surface area contributed by atoms with Gasteiger partial charge in [0.25, 0.3) is 5.91 Å². The highest BCUT2D eigenvalue weighted by atomic mass is 32.1. The van der Waals surface area contributed by atoms with Gasteiger partial charge < -0.3 is 24.8 Å². The number of urea groups is 1. The quantitative estimate of drug-likeness (QED) is 0.557. The number of anilines is 2. The molecule has 2 aromatic rings. The number of carbonyl (C=O) groups is 3. The standard InChI is InChI=1S/C27H39N5O4S/c1-26(2,3)21-17-18(22(37-21)29-25(35)28-19-11-9-10-12-20(19)36-8)23(33)32-16-15-31(14-13-30(6)7)24(34)27(32,4)5/h9-12,17H,13-16H2,1-8H3,(H2,28,29,35). The minimum absolute atomic E-state index is 0.0800. The number of rotatable bonds is 7. The maximum absolute atomic E-state index is 13.9. The molecule has 0 aliphatic carbocycles. The van der Waals surface area contributed by atoms with Crippen LogP contribution in [0.3, 0.4) is 0 Å². The average Bonchev–Trinajstić information content (AvgIpc) is 3.24. The zero-order valence-electron chi connectivity index (χ0n) is 23.1. The molecule has 202 valence electrons. The Balaban J connectivity index is 1.87. The van der Waals surface area contributed by atoms with Crippen LogP contribution in [0.4, 0.5) is 15.5 Å². The van der Waals surface area contributed by atoms with Crippen LogP contribution in [-0.2, 0) is 10.2 Å². The minimum atomic E-state index is -1.01. The lowest BCUT2D eigenvalue weighted by Crippen LogP contribution is -2.65. The maximum Gasteiger partial charge on any atom is 0.324 e. The lowest BCUT2D eigenvalue weighted by atomic mass is 9.93. The van der Waals surface area contributed by atoms with Crippen LogP contribution < -0.4 is 15.4 Å². The van der Waals surface area contributed by atoms with Crippen molar-refractivity contribution in [1.82, 2.24) is 14.7 Å². The Morgan fingerprint density at radius 3 is 2.43 bits per heavy atom. The second-order valence-corrected chi connectivity index (χ2v) is 12.0.